The van der Waals surface area contributed by atoms with Gasteiger partial charge in [-0.1, -0.05) is 18.9 Å². The van der Waals surface area contributed by atoms with Crippen molar-refractivity contribution in [2.45, 2.75) is 37.5 Å². The molecule has 0 aromatic heterocycles. The predicted octanol–water partition coefficient (Wildman–Crippen LogP) is 2.94. The van der Waals surface area contributed by atoms with Gasteiger partial charge < -0.3 is 4.90 Å². The van der Waals surface area contributed by atoms with E-state index in [1.54, 1.807) is 24.0 Å². The Morgan fingerprint density at radius 2 is 1.75 bits per heavy atom. The normalized spacial score (nSPS) is 16.8. The molecule has 1 aliphatic heterocycles. The van der Waals surface area contributed by atoms with Crippen molar-refractivity contribution in [3.8, 4) is 0 Å². The van der Waals surface area contributed by atoms with Crippen molar-refractivity contribution in [2.24, 2.45) is 0 Å². The lowest BCUT2D eigenvalue weighted by atomic mass is 10.1. The molecule has 1 amide bonds. The maximum atomic E-state index is 12.4. The Morgan fingerprint density at radius 1 is 1.15 bits per heavy atom. The number of aryl methyl sites for hydroxylation is 1. The lowest BCUT2D eigenvalue weighted by Crippen LogP contribution is -2.31. The third-order valence-electron chi connectivity index (χ3n) is 3.59. The monoisotopic (exact) mass is 315 g/mol. The Hall–Kier alpha value is -1.07. The van der Waals surface area contributed by atoms with Crippen molar-refractivity contribution < 1.29 is 13.2 Å². The van der Waals surface area contributed by atoms with E-state index < -0.39 is 9.05 Å². The molecule has 0 radical (unpaired) electrons. The number of carbonyl (C=O) groups is 1. The first kappa shape index (κ1) is 15.3. The third kappa shape index (κ3) is 3.52. The first-order valence-corrected chi connectivity index (χ1v) is 9.05. The van der Waals surface area contributed by atoms with E-state index >= 15 is 0 Å². The minimum atomic E-state index is -3.83. The van der Waals surface area contributed by atoms with Crippen molar-refractivity contribution in [3.63, 3.8) is 0 Å². The molecule has 1 fully saturated rings. The number of rotatable bonds is 2. The molecule has 0 unspecified atom stereocenters. The zero-order valence-electron chi connectivity index (χ0n) is 11.4. The summed E-state index contributed by atoms with van der Waals surface area (Å²) in [6.07, 6.45) is 4.27. The lowest BCUT2D eigenvalue weighted by molar-refractivity contribution is 0.0761. The van der Waals surface area contributed by atoms with Gasteiger partial charge in [-0.2, -0.15) is 0 Å². The Morgan fingerprint density at radius 3 is 2.30 bits per heavy atom. The second kappa shape index (κ2) is 6.14. The van der Waals surface area contributed by atoms with Gasteiger partial charge in [-0.3, -0.25) is 4.79 Å². The lowest BCUT2D eigenvalue weighted by Gasteiger charge is -2.20. The van der Waals surface area contributed by atoms with Crippen LogP contribution in [0.4, 0.5) is 0 Å². The van der Waals surface area contributed by atoms with E-state index in [1.165, 1.54) is 6.07 Å². The zero-order valence-corrected chi connectivity index (χ0v) is 13.0. The highest BCUT2D eigenvalue weighted by Crippen LogP contribution is 2.22. The van der Waals surface area contributed by atoms with Crippen molar-refractivity contribution in [2.75, 3.05) is 13.1 Å². The van der Waals surface area contributed by atoms with Crippen molar-refractivity contribution >= 4 is 25.6 Å². The molecular weight excluding hydrogens is 298 g/mol. The summed E-state index contributed by atoms with van der Waals surface area (Å²) in [6.45, 7) is 3.13. The smallest absolute Gasteiger partial charge is 0.261 e. The Balaban J connectivity index is 2.30. The maximum absolute atomic E-state index is 12.4. The molecule has 0 bridgehead atoms. The summed E-state index contributed by atoms with van der Waals surface area (Å²) in [5.41, 5.74) is 0.934. The number of hydrogen-bond acceptors (Lipinski definition) is 3. The highest BCUT2D eigenvalue weighted by molar-refractivity contribution is 8.13. The Labute approximate surface area is 124 Å². The average Bonchev–Trinajstić information content (AvgIpc) is 2.66. The van der Waals surface area contributed by atoms with E-state index in [0.717, 1.165) is 38.8 Å². The number of likely N-dealkylation sites (tertiary alicyclic amines) is 1. The van der Waals surface area contributed by atoms with Crippen LogP contribution in [0.15, 0.2) is 23.1 Å². The van der Waals surface area contributed by atoms with Crippen LogP contribution in [0, 0.1) is 6.92 Å². The highest BCUT2D eigenvalue weighted by atomic mass is 35.7. The van der Waals surface area contributed by atoms with Gasteiger partial charge in [0.2, 0.25) is 0 Å². The predicted molar refractivity (Wildman–Crippen MR) is 78.6 cm³/mol. The Bertz CT molecular complexity index is 605. The summed E-state index contributed by atoms with van der Waals surface area (Å²) in [7, 11) is 1.57. The quantitative estimate of drug-likeness (QED) is 0.788. The number of benzene rings is 1. The molecule has 1 saturated heterocycles. The molecule has 110 valence electrons. The molecule has 6 heteroatoms. The molecule has 0 spiro atoms. The summed E-state index contributed by atoms with van der Waals surface area (Å²) < 4.78 is 23.0. The maximum Gasteiger partial charge on any atom is 0.261 e. The first-order valence-electron chi connectivity index (χ1n) is 6.74. The molecule has 1 aromatic carbocycles. The van der Waals surface area contributed by atoms with Gasteiger partial charge in [0.1, 0.15) is 0 Å². The zero-order chi connectivity index (χ0) is 14.8. The second-order valence-corrected chi connectivity index (χ2v) is 7.66. The first-order chi connectivity index (χ1) is 9.39. The van der Waals surface area contributed by atoms with E-state index in [4.69, 9.17) is 10.7 Å². The van der Waals surface area contributed by atoms with Crippen LogP contribution in [0.2, 0.25) is 0 Å². The van der Waals surface area contributed by atoms with Gasteiger partial charge in [0.05, 0.1) is 4.90 Å². The fraction of sp³-hybridized carbons (Fsp3) is 0.500. The molecule has 0 aliphatic carbocycles. The number of halogens is 1. The minimum absolute atomic E-state index is 0.0137. The van der Waals surface area contributed by atoms with Gasteiger partial charge in [-0.15, -0.1) is 0 Å². The van der Waals surface area contributed by atoms with Crippen LogP contribution >= 0.6 is 10.7 Å². The van der Waals surface area contributed by atoms with Crippen LogP contribution in [0.3, 0.4) is 0 Å². The molecule has 0 N–H and O–H groups in total. The number of carbonyl (C=O) groups excluding carboxylic acids is 1. The number of amides is 1. The van der Waals surface area contributed by atoms with Crippen LogP contribution in [0.25, 0.3) is 0 Å². The molecule has 4 nitrogen and oxygen atoms in total. The summed E-state index contributed by atoms with van der Waals surface area (Å²) in [5.74, 6) is -0.117. The number of hydrogen-bond donors (Lipinski definition) is 0. The van der Waals surface area contributed by atoms with E-state index in [-0.39, 0.29) is 10.8 Å². The summed E-state index contributed by atoms with van der Waals surface area (Å²) in [4.78, 5) is 14.2. The molecular formula is C14H18ClNO3S. The van der Waals surface area contributed by atoms with E-state index in [2.05, 4.69) is 0 Å². The molecule has 0 saturated carbocycles. The average molecular weight is 316 g/mol. The standard InChI is InChI=1S/C14H18ClNO3S/c1-11-6-7-12(10-13(11)20(15,18)19)14(17)16-8-4-2-3-5-9-16/h6-7,10H,2-5,8-9H2,1H3. The molecule has 1 aliphatic rings. The summed E-state index contributed by atoms with van der Waals surface area (Å²) >= 11 is 0. The molecule has 20 heavy (non-hydrogen) atoms. The van der Waals surface area contributed by atoms with Gasteiger partial charge in [-0.05, 0) is 37.5 Å². The summed E-state index contributed by atoms with van der Waals surface area (Å²) in [6, 6.07) is 4.67. The van der Waals surface area contributed by atoms with Crippen LogP contribution in [0.1, 0.15) is 41.6 Å². The van der Waals surface area contributed by atoms with Crippen molar-refractivity contribution in [3.05, 3.63) is 29.3 Å². The van der Waals surface area contributed by atoms with Gasteiger partial charge in [-0.25, -0.2) is 8.42 Å². The summed E-state index contributed by atoms with van der Waals surface area (Å²) in [5, 5.41) is 0. The van der Waals surface area contributed by atoms with E-state index in [9.17, 15) is 13.2 Å². The topological polar surface area (TPSA) is 54.5 Å². The molecule has 0 atom stereocenters. The Kier molecular flexibility index (Phi) is 4.70. The molecule has 2 rings (SSSR count). The van der Waals surface area contributed by atoms with E-state index in [1.807, 2.05) is 0 Å². The fourth-order valence-corrected chi connectivity index (χ4v) is 3.67. The van der Waals surface area contributed by atoms with Gasteiger partial charge in [0, 0.05) is 29.3 Å². The van der Waals surface area contributed by atoms with E-state index in [0.29, 0.717) is 11.1 Å². The van der Waals surface area contributed by atoms with Gasteiger partial charge in [0.25, 0.3) is 15.0 Å². The van der Waals surface area contributed by atoms with Gasteiger partial charge in [0.15, 0.2) is 0 Å². The minimum Gasteiger partial charge on any atom is -0.339 e. The van der Waals surface area contributed by atoms with Gasteiger partial charge >= 0.3 is 0 Å². The molecule has 1 aromatic rings. The van der Waals surface area contributed by atoms with Crippen molar-refractivity contribution in [1.82, 2.24) is 4.90 Å². The SMILES string of the molecule is Cc1ccc(C(=O)N2CCCCCC2)cc1S(=O)(=O)Cl. The fourth-order valence-electron chi connectivity index (χ4n) is 2.45. The number of nitrogens with zero attached hydrogens (tertiary/aromatic N) is 1. The largest absolute Gasteiger partial charge is 0.339 e. The van der Waals surface area contributed by atoms with Crippen molar-refractivity contribution in [1.29, 1.82) is 0 Å². The second-order valence-electron chi connectivity index (χ2n) is 5.12. The van der Waals surface area contributed by atoms with Crippen LogP contribution in [0.5, 0.6) is 0 Å². The highest BCUT2D eigenvalue weighted by Gasteiger charge is 2.20. The molecule has 1 heterocycles. The van der Waals surface area contributed by atoms with Crippen LogP contribution < -0.4 is 0 Å². The van der Waals surface area contributed by atoms with Crippen LogP contribution in [-0.4, -0.2) is 32.3 Å². The van der Waals surface area contributed by atoms with Crippen LogP contribution in [-0.2, 0) is 9.05 Å². The third-order valence-corrected chi connectivity index (χ3v) is 5.05.